The Morgan fingerprint density at radius 2 is 1.79 bits per heavy atom. The third kappa shape index (κ3) is 5.99. The van der Waals surface area contributed by atoms with Gasteiger partial charge in [-0.15, -0.1) is 0 Å². The molecule has 0 heterocycles. The van der Waals surface area contributed by atoms with Crippen LogP contribution < -0.4 is 11.3 Å². The van der Waals surface area contributed by atoms with E-state index >= 15 is 0 Å². The number of hydrogen-bond donors (Lipinski definition) is 2. The van der Waals surface area contributed by atoms with Gasteiger partial charge in [0, 0.05) is 22.5 Å². The van der Waals surface area contributed by atoms with Crippen molar-refractivity contribution in [2.75, 3.05) is 0 Å². The van der Waals surface area contributed by atoms with Crippen molar-refractivity contribution in [2.24, 2.45) is 5.84 Å². The number of rotatable bonds is 6. The molecule has 0 aliphatic carbocycles. The van der Waals surface area contributed by atoms with Crippen LogP contribution in [0.25, 0.3) is 0 Å². The molecule has 0 fully saturated rings. The van der Waals surface area contributed by atoms with E-state index in [9.17, 15) is 13.2 Å². The summed E-state index contributed by atoms with van der Waals surface area (Å²) in [5, 5.41) is 0.979. The Morgan fingerprint density at radius 1 is 1.21 bits per heavy atom. The summed E-state index contributed by atoms with van der Waals surface area (Å²) in [4.78, 5) is 0. The fraction of sp³-hybridized carbons (Fsp3) is 0.500. The first-order chi connectivity index (χ1) is 8.83. The predicted molar refractivity (Wildman–Crippen MR) is 71.2 cm³/mol. The second-order valence-electron chi connectivity index (χ2n) is 4.28. The minimum atomic E-state index is -4.14. The maximum Gasteiger partial charge on any atom is 0.389 e. The summed E-state index contributed by atoms with van der Waals surface area (Å²) in [5.41, 5.74) is 3.20. The van der Waals surface area contributed by atoms with E-state index in [0.29, 0.717) is 28.5 Å². The van der Waals surface area contributed by atoms with E-state index in [4.69, 9.17) is 29.0 Å². The van der Waals surface area contributed by atoms with Gasteiger partial charge in [0.2, 0.25) is 0 Å². The predicted octanol–water partition coefficient (Wildman–Crippen LogP) is 4.10. The highest BCUT2D eigenvalue weighted by Gasteiger charge is 2.26. The molecule has 0 bridgehead atoms. The van der Waals surface area contributed by atoms with Gasteiger partial charge in [0.25, 0.3) is 0 Å². The zero-order valence-corrected chi connectivity index (χ0v) is 11.6. The third-order valence-corrected chi connectivity index (χ3v) is 3.47. The zero-order chi connectivity index (χ0) is 14.5. The van der Waals surface area contributed by atoms with Crippen molar-refractivity contribution in [1.82, 2.24) is 5.43 Å². The summed E-state index contributed by atoms with van der Waals surface area (Å²) >= 11 is 12.0. The van der Waals surface area contributed by atoms with Crippen LogP contribution in [0.4, 0.5) is 13.2 Å². The lowest BCUT2D eigenvalue weighted by Gasteiger charge is -2.18. The van der Waals surface area contributed by atoms with Crippen molar-refractivity contribution < 1.29 is 13.2 Å². The van der Waals surface area contributed by atoms with Gasteiger partial charge in [-0.2, -0.15) is 13.2 Å². The quantitative estimate of drug-likeness (QED) is 0.613. The molecule has 1 atom stereocenters. The van der Waals surface area contributed by atoms with Crippen molar-refractivity contribution in [3.8, 4) is 0 Å². The first kappa shape index (κ1) is 16.6. The second kappa shape index (κ2) is 7.33. The van der Waals surface area contributed by atoms with Crippen molar-refractivity contribution in [1.29, 1.82) is 0 Å². The van der Waals surface area contributed by atoms with E-state index in [1.807, 2.05) is 0 Å². The molecule has 19 heavy (non-hydrogen) atoms. The van der Waals surface area contributed by atoms with Crippen LogP contribution in [0.15, 0.2) is 18.2 Å². The maximum atomic E-state index is 12.1. The molecule has 0 spiro atoms. The number of nitrogens with two attached hydrogens (primary N) is 1. The number of halogens is 5. The van der Waals surface area contributed by atoms with Crippen molar-refractivity contribution in [3.05, 3.63) is 33.8 Å². The van der Waals surface area contributed by atoms with E-state index in [1.54, 1.807) is 18.2 Å². The van der Waals surface area contributed by atoms with Crippen molar-refractivity contribution in [3.63, 3.8) is 0 Å². The van der Waals surface area contributed by atoms with Gasteiger partial charge in [0.15, 0.2) is 0 Å². The topological polar surface area (TPSA) is 38.0 Å². The van der Waals surface area contributed by atoms with Crippen LogP contribution in [0.1, 0.15) is 24.8 Å². The largest absolute Gasteiger partial charge is 0.389 e. The van der Waals surface area contributed by atoms with Crippen LogP contribution in [0.2, 0.25) is 10.0 Å². The third-order valence-electron chi connectivity index (χ3n) is 2.76. The number of hydrazine groups is 1. The van der Waals surface area contributed by atoms with Gasteiger partial charge in [-0.05, 0) is 37.0 Å². The molecule has 0 saturated heterocycles. The Labute approximate surface area is 120 Å². The number of nitrogens with one attached hydrogen (secondary N) is 1. The highest BCUT2D eigenvalue weighted by atomic mass is 35.5. The Kier molecular flexibility index (Phi) is 6.39. The Bertz CT molecular complexity index is 390. The molecule has 108 valence electrons. The van der Waals surface area contributed by atoms with Gasteiger partial charge >= 0.3 is 6.18 Å². The summed E-state index contributed by atoms with van der Waals surface area (Å²) < 4.78 is 36.2. The summed E-state index contributed by atoms with van der Waals surface area (Å²) in [6.45, 7) is 0. The molecule has 0 amide bonds. The molecular weight excluding hydrogens is 300 g/mol. The normalized spacial score (nSPS) is 13.6. The lowest BCUT2D eigenvalue weighted by molar-refractivity contribution is -0.135. The Balaban J connectivity index is 2.57. The van der Waals surface area contributed by atoms with E-state index in [1.165, 1.54) is 0 Å². The van der Waals surface area contributed by atoms with E-state index < -0.39 is 12.6 Å². The van der Waals surface area contributed by atoms with E-state index in [0.717, 1.165) is 0 Å². The average Bonchev–Trinajstić information content (AvgIpc) is 2.30. The molecule has 2 nitrogen and oxygen atoms in total. The summed E-state index contributed by atoms with van der Waals surface area (Å²) in [7, 11) is 0. The average molecular weight is 315 g/mol. The minimum Gasteiger partial charge on any atom is -0.271 e. The molecule has 7 heteroatoms. The van der Waals surface area contributed by atoms with Gasteiger partial charge < -0.3 is 0 Å². The van der Waals surface area contributed by atoms with Crippen LogP contribution in [0.5, 0.6) is 0 Å². The maximum absolute atomic E-state index is 12.1. The molecule has 3 N–H and O–H groups in total. The lowest BCUT2D eigenvalue weighted by Crippen LogP contribution is -2.37. The van der Waals surface area contributed by atoms with Crippen LogP contribution in [-0.2, 0) is 6.42 Å². The van der Waals surface area contributed by atoms with Gasteiger partial charge in [-0.25, -0.2) is 0 Å². The van der Waals surface area contributed by atoms with Crippen LogP contribution in [-0.4, -0.2) is 12.2 Å². The smallest absolute Gasteiger partial charge is 0.271 e. The molecule has 0 saturated carbocycles. The minimum absolute atomic E-state index is 0.0143. The van der Waals surface area contributed by atoms with Crippen LogP contribution in [0.3, 0.4) is 0 Å². The van der Waals surface area contributed by atoms with Crippen molar-refractivity contribution >= 4 is 23.2 Å². The SMILES string of the molecule is NNC(CCCC(F)(F)F)Cc1c(Cl)cccc1Cl. The molecule has 1 aromatic carbocycles. The van der Waals surface area contributed by atoms with Crippen LogP contribution >= 0.6 is 23.2 Å². The van der Waals surface area contributed by atoms with Gasteiger partial charge in [0.1, 0.15) is 0 Å². The van der Waals surface area contributed by atoms with Gasteiger partial charge in [-0.1, -0.05) is 29.3 Å². The zero-order valence-electron chi connectivity index (χ0n) is 10.1. The monoisotopic (exact) mass is 314 g/mol. The second-order valence-corrected chi connectivity index (χ2v) is 5.09. The highest BCUT2D eigenvalue weighted by molar-refractivity contribution is 6.35. The highest BCUT2D eigenvalue weighted by Crippen LogP contribution is 2.27. The molecular formula is C12H15Cl2F3N2. The molecule has 0 aliphatic rings. The van der Waals surface area contributed by atoms with Crippen LogP contribution in [0, 0.1) is 0 Å². The fourth-order valence-corrected chi connectivity index (χ4v) is 2.32. The Morgan fingerprint density at radius 3 is 2.26 bits per heavy atom. The molecule has 0 aromatic heterocycles. The summed E-state index contributed by atoms with van der Waals surface area (Å²) in [6.07, 6.45) is -4.24. The van der Waals surface area contributed by atoms with E-state index in [-0.39, 0.29) is 12.5 Å². The number of hydrogen-bond acceptors (Lipinski definition) is 2. The molecule has 0 radical (unpaired) electrons. The standard InChI is InChI=1S/C12H15Cl2F3N2/c13-10-4-1-5-11(14)9(10)7-8(19-18)3-2-6-12(15,16)17/h1,4-5,8,19H,2-3,6-7,18H2. The van der Waals surface area contributed by atoms with E-state index in [2.05, 4.69) is 5.43 Å². The first-order valence-electron chi connectivity index (χ1n) is 5.79. The Hall–Kier alpha value is -0.490. The summed E-state index contributed by atoms with van der Waals surface area (Å²) in [5.74, 6) is 5.35. The lowest BCUT2D eigenvalue weighted by atomic mass is 10.0. The van der Waals surface area contributed by atoms with Crippen molar-refractivity contribution in [2.45, 2.75) is 37.9 Å². The fourth-order valence-electron chi connectivity index (χ4n) is 1.77. The summed E-state index contributed by atoms with van der Waals surface area (Å²) in [6, 6.07) is 4.79. The number of alkyl halides is 3. The first-order valence-corrected chi connectivity index (χ1v) is 6.55. The molecule has 1 aromatic rings. The molecule has 1 rings (SSSR count). The molecule has 0 aliphatic heterocycles. The number of benzene rings is 1. The van der Waals surface area contributed by atoms with Gasteiger partial charge in [0.05, 0.1) is 0 Å². The molecule has 1 unspecified atom stereocenters. The van der Waals surface area contributed by atoms with Gasteiger partial charge in [-0.3, -0.25) is 11.3 Å².